The predicted molar refractivity (Wildman–Crippen MR) is 141 cm³/mol. The molecule has 12 heteroatoms. The number of nitrogens with one attached hydrogen (secondary N) is 2. The molecule has 1 aromatic carbocycles. The molecule has 0 unspecified atom stereocenters. The summed E-state index contributed by atoms with van der Waals surface area (Å²) in [5.74, 6) is -0.427. The average Bonchev–Trinajstić information content (AvgIpc) is 3.37. The van der Waals surface area contributed by atoms with E-state index in [2.05, 4.69) is 41.8 Å². The van der Waals surface area contributed by atoms with Crippen LogP contribution in [0.1, 0.15) is 29.8 Å². The number of hydrogen-bond acceptors (Lipinski definition) is 9. The smallest absolute Gasteiger partial charge is 0.339 e. The van der Waals surface area contributed by atoms with Gasteiger partial charge in [0.15, 0.2) is 11.5 Å². The maximum absolute atomic E-state index is 13.0. The Morgan fingerprint density at radius 3 is 2.47 bits per heavy atom. The van der Waals surface area contributed by atoms with Crippen LogP contribution in [-0.4, -0.2) is 51.1 Å². The zero-order valence-electron chi connectivity index (χ0n) is 20.5. The number of carbonyl (C=O) groups excluding carboxylic acids is 1. The fraction of sp³-hybridized carbons (Fsp3) is 0.154. The lowest BCUT2D eigenvalue weighted by atomic mass is 10.0. The number of carbonyl (C=O) groups is 1. The molecule has 4 heterocycles. The van der Waals surface area contributed by atoms with E-state index in [1.54, 1.807) is 19.1 Å². The fourth-order valence-electron chi connectivity index (χ4n) is 3.85. The van der Waals surface area contributed by atoms with Crippen LogP contribution in [0.3, 0.4) is 0 Å². The van der Waals surface area contributed by atoms with Crippen molar-refractivity contribution in [3.8, 4) is 22.8 Å². The second kappa shape index (κ2) is 10.3. The van der Waals surface area contributed by atoms with Gasteiger partial charge in [-0.15, -0.1) is 0 Å². The van der Waals surface area contributed by atoms with Gasteiger partial charge in [0.2, 0.25) is 0 Å². The van der Waals surface area contributed by atoms with Gasteiger partial charge in [-0.1, -0.05) is 31.2 Å². The second-order valence-corrected chi connectivity index (χ2v) is 9.90. The molecule has 38 heavy (non-hydrogen) atoms. The molecule has 5 aromatic rings. The van der Waals surface area contributed by atoms with Crippen LogP contribution in [0, 0.1) is 0 Å². The molecular weight excluding hydrogens is 506 g/mol. The molecule has 0 fully saturated rings. The highest BCUT2D eigenvalue weighted by Gasteiger charge is 2.23. The largest absolute Gasteiger partial charge is 0.462 e. The van der Waals surface area contributed by atoms with Crippen molar-refractivity contribution in [1.82, 2.24) is 30.1 Å². The topological polar surface area (TPSA) is 153 Å². The highest BCUT2D eigenvalue weighted by molar-refractivity contribution is 7.92. The van der Waals surface area contributed by atoms with Gasteiger partial charge >= 0.3 is 5.97 Å². The van der Waals surface area contributed by atoms with E-state index in [9.17, 15) is 13.2 Å². The quantitative estimate of drug-likeness (QED) is 0.284. The number of rotatable bonds is 8. The highest BCUT2D eigenvalue weighted by atomic mass is 32.2. The lowest BCUT2D eigenvalue weighted by Gasteiger charge is -2.09. The van der Waals surface area contributed by atoms with Crippen molar-refractivity contribution in [3.05, 3.63) is 78.4 Å². The minimum atomic E-state index is -3.94. The van der Waals surface area contributed by atoms with Gasteiger partial charge in [-0.25, -0.2) is 28.2 Å². The number of aromatic nitrogens is 6. The van der Waals surface area contributed by atoms with Crippen LogP contribution in [-0.2, 0) is 21.2 Å². The maximum Gasteiger partial charge on any atom is 0.339 e. The molecular formula is C26H23N7O4S. The third kappa shape index (κ3) is 4.93. The molecule has 11 nitrogen and oxygen atoms in total. The van der Waals surface area contributed by atoms with Gasteiger partial charge in [-0.3, -0.25) is 14.8 Å². The van der Waals surface area contributed by atoms with Crippen LogP contribution >= 0.6 is 0 Å². The number of esters is 1. The number of fused-ring (bicyclic) bond motifs is 1. The Balaban J connectivity index is 1.54. The minimum absolute atomic E-state index is 0.120. The van der Waals surface area contributed by atoms with E-state index in [0.717, 1.165) is 12.0 Å². The summed E-state index contributed by atoms with van der Waals surface area (Å²) in [7, 11) is -3.94. The molecule has 0 bridgehead atoms. The molecule has 0 aliphatic rings. The van der Waals surface area contributed by atoms with Crippen molar-refractivity contribution < 1.29 is 17.9 Å². The summed E-state index contributed by atoms with van der Waals surface area (Å²) in [6.45, 7) is 3.98. The van der Waals surface area contributed by atoms with Crippen LogP contribution in [0.5, 0.6) is 0 Å². The molecule has 0 spiro atoms. The van der Waals surface area contributed by atoms with Crippen LogP contribution in [0.4, 0.5) is 5.69 Å². The third-order valence-electron chi connectivity index (χ3n) is 5.75. The Hall–Kier alpha value is -4.71. The maximum atomic E-state index is 13.0. The summed E-state index contributed by atoms with van der Waals surface area (Å²) >= 11 is 0. The number of aryl methyl sites for hydroxylation is 1. The van der Waals surface area contributed by atoms with Gasteiger partial charge in [0.25, 0.3) is 10.0 Å². The highest BCUT2D eigenvalue weighted by Crippen LogP contribution is 2.31. The number of H-pyrrole nitrogens is 1. The Labute approximate surface area is 218 Å². The number of ether oxygens (including phenoxy) is 1. The van der Waals surface area contributed by atoms with Crippen molar-refractivity contribution in [3.63, 3.8) is 0 Å². The zero-order chi connectivity index (χ0) is 26.7. The Kier molecular flexibility index (Phi) is 6.79. The number of aromatic amines is 1. The average molecular weight is 530 g/mol. The first kappa shape index (κ1) is 25.0. The van der Waals surface area contributed by atoms with Gasteiger partial charge in [-0.2, -0.15) is 5.10 Å². The van der Waals surface area contributed by atoms with Gasteiger partial charge in [-0.05, 0) is 37.1 Å². The van der Waals surface area contributed by atoms with Crippen molar-refractivity contribution in [2.45, 2.75) is 25.2 Å². The molecule has 0 saturated heterocycles. The third-order valence-corrected chi connectivity index (χ3v) is 7.09. The standard InChI is InChI=1S/C26H23N7O4S/c1-3-16-7-9-17(10-8-16)23-22-20(26(34)37-4-2)12-21(30-25(22)32-31-23)24-28-14-19(15-29-24)38(35,36)33-18-6-5-11-27-13-18/h5-15,33H,3-4H2,1-2H3,(H,30,31,32). The lowest BCUT2D eigenvalue weighted by molar-refractivity contribution is 0.0528. The summed E-state index contributed by atoms with van der Waals surface area (Å²) in [6.07, 6.45) is 6.17. The predicted octanol–water partition coefficient (Wildman–Crippen LogP) is 4.02. The van der Waals surface area contributed by atoms with Crippen LogP contribution < -0.4 is 4.72 Å². The fourth-order valence-corrected chi connectivity index (χ4v) is 4.78. The minimum Gasteiger partial charge on any atom is -0.462 e. The molecule has 5 rings (SSSR count). The van der Waals surface area contributed by atoms with Crippen molar-refractivity contribution in [2.75, 3.05) is 11.3 Å². The van der Waals surface area contributed by atoms with Gasteiger partial charge in [0, 0.05) is 11.8 Å². The van der Waals surface area contributed by atoms with E-state index < -0.39 is 16.0 Å². The van der Waals surface area contributed by atoms with Crippen LogP contribution in [0.15, 0.2) is 72.1 Å². The monoisotopic (exact) mass is 529 g/mol. The molecule has 4 aromatic heterocycles. The van der Waals surface area contributed by atoms with Crippen LogP contribution in [0.25, 0.3) is 33.8 Å². The van der Waals surface area contributed by atoms with E-state index in [1.807, 2.05) is 24.3 Å². The lowest BCUT2D eigenvalue weighted by Crippen LogP contribution is -2.14. The molecule has 0 saturated carbocycles. The Morgan fingerprint density at radius 1 is 1.05 bits per heavy atom. The SMILES string of the molecule is CCOC(=O)c1cc(-c2ncc(S(=O)(=O)Nc3cccnc3)cn2)nc2n[nH]c(-c3ccc(CC)cc3)c12. The number of hydrogen-bond donors (Lipinski definition) is 2. The number of sulfonamides is 1. The summed E-state index contributed by atoms with van der Waals surface area (Å²) in [4.78, 5) is 29.6. The molecule has 0 aliphatic carbocycles. The normalized spacial score (nSPS) is 11.4. The van der Waals surface area contributed by atoms with Crippen molar-refractivity contribution in [2.24, 2.45) is 0 Å². The summed E-state index contributed by atoms with van der Waals surface area (Å²) in [6, 6.07) is 12.7. The van der Waals surface area contributed by atoms with E-state index in [4.69, 9.17) is 4.74 Å². The molecule has 0 radical (unpaired) electrons. The summed E-state index contributed by atoms with van der Waals surface area (Å²) in [5.41, 5.74) is 3.73. The number of nitrogens with zero attached hydrogens (tertiary/aromatic N) is 5. The first-order chi connectivity index (χ1) is 18.4. The van der Waals surface area contributed by atoms with Crippen LogP contribution in [0.2, 0.25) is 0 Å². The number of benzene rings is 1. The Bertz CT molecular complexity index is 1700. The molecule has 192 valence electrons. The number of pyridine rings is 2. The first-order valence-corrected chi connectivity index (χ1v) is 13.3. The van der Waals surface area contributed by atoms with E-state index in [0.29, 0.717) is 16.8 Å². The summed E-state index contributed by atoms with van der Waals surface area (Å²) in [5, 5.41) is 7.81. The van der Waals surface area contributed by atoms with Gasteiger partial charge in [0.05, 0.1) is 47.5 Å². The van der Waals surface area contributed by atoms with E-state index in [-0.39, 0.29) is 34.2 Å². The molecule has 0 aliphatic heterocycles. The summed E-state index contributed by atoms with van der Waals surface area (Å²) < 4.78 is 33.1. The molecule has 0 atom stereocenters. The van der Waals surface area contributed by atoms with Gasteiger partial charge < -0.3 is 4.74 Å². The zero-order valence-corrected chi connectivity index (χ0v) is 21.4. The number of anilines is 1. The Morgan fingerprint density at radius 2 is 1.82 bits per heavy atom. The van der Waals surface area contributed by atoms with Crippen molar-refractivity contribution in [1.29, 1.82) is 0 Å². The van der Waals surface area contributed by atoms with Gasteiger partial charge in [0.1, 0.15) is 10.6 Å². The second-order valence-electron chi connectivity index (χ2n) is 8.21. The van der Waals surface area contributed by atoms with E-state index in [1.165, 1.54) is 36.4 Å². The first-order valence-electron chi connectivity index (χ1n) is 11.8. The molecule has 2 N–H and O–H groups in total. The molecule has 0 amide bonds. The van der Waals surface area contributed by atoms with Crippen molar-refractivity contribution >= 4 is 32.7 Å². The van der Waals surface area contributed by atoms with E-state index >= 15 is 0 Å².